The Morgan fingerprint density at radius 1 is 1.36 bits per heavy atom. The van der Waals surface area contributed by atoms with Gasteiger partial charge >= 0.3 is 5.97 Å². The summed E-state index contributed by atoms with van der Waals surface area (Å²) < 4.78 is 18.2. The van der Waals surface area contributed by atoms with E-state index in [2.05, 4.69) is 0 Å². The Hall–Kier alpha value is -1.44. The molecule has 0 saturated heterocycles. The zero-order valence-electron chi connectivity index (χ0n) is 12.4. The molecule has 2 unspecified atom stereocenters. The van der Waals surface area contributed by atoms with Gasteiger partial charge in [-0.1, -0.05) is 11.8 Å². The van der Waals surface area contributed by atoms with Crippen molar-refractivity contribution >= 4 is 22.8 Å². The maximum absolute atomic E-state index is 13.4. The van der Waals surface area contributed by atoms with Crippen molar-refractivity contribution in [1.29, 1.82) is 0 Å². The molecule has 0 aliphatic carbocycles. The van der Waals surface area contributed by atoms with Crippen LogP contribution in [0.3, 0.4) is 0 Å². The largest absolute Gasteiger partial charge is 0.462 e. The van der Waals surface area contributed by atoms with E-state index in [0.29, 0.717) is 5.75 Å². The van der Waals surface area contributed by atoms with Crippen molar-refractivity contribution in [3.63, 3.8) is 0 Å². The fourth-order valence-corrected chi connectivity index (χ4v) is 2.51. The molecule has 0 spiro atoms. The molecule has 0 fully saturated rings. The van der Waals surface area contributed by atoms with Gasteiger partial charge in [0.25, 0.3) is 0 Å². The summed E-state index contributed by atoms with van der Waals surface area (Å²) in [7, 11) is 0. The molecular weight excluding hydrogens is 311 g/mol. The summed E-state index contributed by atoms with van der Waals surface area (Å²) >= 11 is 1.02. The second-order valence-electron chi connectivity index (χ2n) is 4.59. The van der Waals surface area contributed by atoms with E-state index in [1.54, 1.807) is 6.92 Å². The minimum atomic E-state index is -1.44. The number of rotatable bonds is 7. The molecule has 0 aliphatic heterocycles. The maximum Gasteiger partial charge on any atom is 0.338 e. The third-order valence-electron chi connectivity index (χ3n) is 2.91. The third kappa shape index (κ3) is 5.40. The predicted molar refractivity (Wildman–Crippen MR) is 81.1 cm³/mol. The minimum absolute atomic E-state index is 0.00835. The molecule has 2 atom stereocenters. The second kappa shape index (κ2) is 8.87. The molecule has 1 rings (SSSR count). The van der Waals surface area contributed by atoms with Gasteiger partial charge in [-0.05, 0) is 31.5 Å². The van der Waals surface area contributed by atoms with Gasteiger partial charge in [-0.25, -0.2) is 9.18 Å². The molecule has 7 heteroatoms. The van der Waals surface area contributed by atoms with Gasteiger partial charge in [0.2, 0.25) is 0 Å². The van der Waals surface area contributed by atoms with E-state index in [-0.39, 0.29) is 29.3 Å². The number of hydrogen-bond acceptors (Lipinski definition) is 6. The van der Waals surface area contributed by atoms with Gasteiger partial charge in [0.1, 0.15) is 11.9 Å². The standard InChI is InChI=1S/C15H19FO5S/c1-3-21-15(20)11-5-4-10(16)8-12(11)14(19)13(18)6-7-22-9(2)17/h4-5,8,13-14,18-19H,3,6-7H2,1-2H3. The zero-order chi connectivity index (χ0) is 16.7. The molecule has 0 bridgehead atoms. The first-order chi connectivity index (χ1) is 10.4. The maximum atomic E-state index is 13.4. The molecule has 0 heterocycles. The summed E-state index contributed by atoms with van der Waals surface area (Å²) in [6.07, 6.45) is -2.53. The van der Waals surface area contributed by atoms with Crippen LogP contribution in [0.5, 0.6) is 0 Å². The SMILES string of the molecule is CCOC(=O)c1ccc(F)cc1C(O)C(O)CCSC(C)=O. The molecule has 122 valence electrons. The Labute approximate surface area is 132 Å². The third-order valence-corrected chi connectivity index (χ3v) is 3.76. The number of aliphatic hydroxyl groups excluding tert-OH is 2. The van der Waals surface area contributed by atoms with Crippen LogP contribution in [0.1, 0.15) is 42.3 Å². The van der Waals surface area contributed by atoms with E-state index in [4.69, 9.17) is 4.74 Å². The molecule has 0 radical (unpaired) electrons. The summed E-state index contributed by atoms with van der Waals surface area (Å²) in [4.78, 5) is 22.7. The molecule has 0 amide bonds. The van der Waals surface area contributed by atoms with Crippen LogP contribution in [0.2, 0.25) is 0 Å². The van der Waals surface area contributed by atoms with Crippen molar-refractivity contribution < 1.29 is 28.9 Å². The molecule has 1 aromatic carbocycles. The fourth-order valence-electron chi connectivity index (χ4n) is 1.86. The number of benzene rings is 1. The second-order valence-corrected chi connectivity index (χ2v) is 5.86. The zero-order valence-corrected chi connectivity index (χ0v) is 13.2. The molecular formula is C15H19FO5S. The van der Waals surface area contributed by atoms with Crippen LogP contribution in [0.4, 0.5) is 4.39 Å². The molecule has 0 aromatic heterocycles. The topological polar surface area (TPSA) is 83.8 Å². The number of carbonyl (C=O) groups excluding carboxylic acids is 2. The summed E-state index contributed by atoms with van der Waals surface area (Å²) in [5.74, 6) is -1.01. The van der Waals surface area contributed by atoms with E-state index in [9.17, 15) is 24.2 Å². The van der Waals surface area contributed by atoms with Gasteiger partial charge in [0.15, 0.2) is 5.12 Å². The number of halogens is 1. The lowest BCUT2D eigenvalue weighted by Crippen LogP contribution is -2.22. The number of carbonyl (C=O) groups is 2. The van der Waals surface area contributed by atoms with Crippen molar-refractivity contribution in [2.24, 2.45) is 0 Å². The van der Waals surface area contributed by atoms with Crippen molar-refractivity contribution in [1.82, 2.24) is 0 Å². The Morgan fingerprint density at radius 2 is 2.05 bits per heavy atom. The first-order valence-corrected chi connectivity index (χ1v) is 7.81. The average Bonchev–Trinajstić information content (AvgIpc) is 2.46. The van der Waals surface area contributed by atoms with Gasteiger partial charge < -0.3 is 14.9 Å². The van der Waals surface area contributed by atoms with Crippen molar-refractivity contribution in [2.45, 2.75) is 32.5 Å². The first kappa shape index (κ1) is 18.6. The number of ether oxygens (including phenoxy) is 1. The number of aliphatic hydroxyl groups is 2. The van der Waals surface area contributed by atoms with Crippen LogP contribution in [0, 0.1) is 5.82 Å². The van der Waals surface area contributed by atoms with Crippen LogP contribution in [0.25, 0.3) is 0 Å². The smallest absolute Gasteiger partial charge is 0.338 e. The van der Waals surface area contributed by atoms with Crippen molar-refractivity contribution in [3.05, 3.63) is 35.1 Å². The molecule has 22 heavy (non-hydrogen) atoms. The molecule has 1 aromatic rings. The fraction of sp³-hybridized carbons (Fsp3) is 0.467. The Balaban J connectivity index is 2.90. The van der Waals surface area contributed by atoms with Gasteiger partial charge in [0, 0.05) is 18.2 Å². The summed E-state index contributed by atoms with van der Waals surface area (Å²) in [5, 5.41) is 20.0. The van der Waals surface area contributed by atoms with Crippen LogP contribution >= 0.6 is 11.8 Å². The monoisotopic (exact) mass is 330 g/mol. The van der Waals surface area contributed by atoms with E-state index < -0.39 is 24.0 Å². The first-order valence-electron chi connectivity index (χ1n) is 6.82. The summed E-state index contributed by atoms with van der Waals surface area (Å²) in [6, 6.07) is 3.29. The Bertz CT molecular complexity index is 535. The number of hydrogen-bond donors (Lipinski definition) is 2. The van der Waals surface area contributed by atoms with Crippen LogP contribution in [-0.2, 0) is 9.53 Å². The van der Waals surface area contributed by atoms with Crippen LogP contribution < -0.4 is 0 Å². The Kier molecular flexibility index (Phi) is 7.50. The number of esters is 1. The highest BCUT2D eigenvalue weighted by Gasteiger charge is 2.25. The lowest BCUT2D eigenvalue weighted by molar-refractivity contribution is -0.109. The number of thioether (sulfide) groups is 1. The average molecular weight is 330 g/mol. The normalized spacial score (nSPS) is 13.5. The lowest BCUT2D eigenvalue weighted by atomic mass is 9.97. The lowest BCUT2D eigenvalue weighted by Gasteiger charge is -2.20. The summed E-state index contributed by atoms with van der Waals surface area (Å²) in [5.41, 5.74) is -0.0206. The van der Waals surface area contributed by atoms with E-state index in [0.717, 1.165) is 23.9 Å². The van der Waals surface area contributed by atoms with Crippen LogP contribution in [0.15, 0.2) is 18.2 Å². The summed E-state index contributed by atoms with van der Waals surface area (Å²) in [6.45, 7) is 3.17. The Morgan fingerprint density at radius 3 is 2.64 bits per heavy atom. The van der Waals surface area contributed by atoms with E-state index in [1.807, 2.05) is 0 Å². The molecule has 2 N–H and O–H groups in total. The molecule has 5 nitrogen and oxygen atoms in total. The van der Waals surface area contributed by atoms with Gasteiger partial charge in [-0.15, -0.1) is 0 Å². The van der Waals surface area contributed by atoms with Crippen molar-refractivity contribution in [2.75, 3.05) is 12.4 Å². The van der Waals surface area contributed by atoms with Crippen LogP contribution in [-0.4, -0.2) is 39.8 Å². The van der Waals surface area contributed by atoms with E-state index >= 15 is 0 Å². The van der Waals surface area contributed by atoms with E-state index in [1.165, 1.54) is 13.0 Å². The highest BCUT2D eigenvalue weighted by molar-refractivity contribution is 8.13. The van der Waals surface area contributed by atoms with Gasteiger partial charge in [0.05, 0.1) is 18.3 Å². The van der Waals surface area contributed by atoms with Gasteiger partial charge in [-0.2, -0.15) is 0 Å². The highest BCUT2D eigenvalue weighted by Crippen LogP contribution is 2.25. The van der Waals surface area contributed by atoms with Gasteiger partial charge in [-0.3, -0.25) is 4.79 Å². The predicted octanol–water partition coefficient (Wildman–Crippen LogP) is 2.07. The van der Waals surface area contributed by atoms with Crippen molar-refractivity contribution in [3.8, 4) is 0 Å². The molecule has 0 aliphatic rings. The minimum Gasteiger partial charge on any atom is -0.462 e. The molecule has 0 saturated carbocycles. The quantitative estimate of drug-likeness (QED) is 0.745. The highest BCUT2D eigenvalue weighted by atomic mass is 32.2.